The number of hydrogen-bond donors (Lipinski definition) is 0. The summed E-state index contributed by atoms with van der Waals surface area (Å²) >= 11 is 0. The smallest absolute Gasteiger partial charge is 0.193 e. The summed E-state index contributed by atoms with van der Waals surface area (Å²) in [4.78, 5) is 13.5. The number of rotatable bonds is 8. The largest absolute Gasteiger partial charge is 0.289 e. The van der Waals surface area contributed by atoms with E-state index < -0.39 is 0 Å². The minimum Gasteiger partial charge on any atom is -0.289 e. The van der Waals surface area contributed by atoms with Gasteiger partial charge in [0.05, 0.1) is 0 Å². The Balaban J connectivity index is 1.55. The van der Waals surface area contributed by atoms with E-state index in [1.165, 1.54) is 24.3 Å². The van der Waals surface area contributed by atoms with Gasteiger partial charge in [0.1, 0.15) is 5.82 Å². The van der Waals surface area contributed by atoms with Gasteiger partial charge < -0.3 is 0 Å². The summed E-state index contributed by atoms with van der Waals surface area (Å²) in [6.45, 7) is 0. The molecule has 0 aromatic heterocycles. The first-order valence-electron chi connectivity index (χ1n) is 17.1. The zero-order chi connectivity index (χ0) is 34.6. The first kappa shape index (κ1) is 31.6. The molecule has 0 aliphatic carbocycles. The Kier molecular flexibility index (Phi) is 8.72. The van der Waals surface area contributed by atoms with Crippen molar-refractivity contribution in [3.63, 3.8) is 0 Å². The second-order valence-electron chi connectivity index (χ2n) is 12.5. The molecule has 0 unspecified atom stereocenters. The van der Waals surface area contributed by atoms with E-state index in [2.05, 4.69) is 164 Å². The van der Waals surface area contributed by atoms with Crippen molar-refractivity contribution < 1.29 is 9.18 Å². The normalized spacial score (nSPS) is 10.9. The van der Waals surface area contributed by atoms with Gasteiger partial charge >= 0.3 is 0 Å². The van der Waals surface area contributed by atoms with Crippen LogP contribution in [0.4, 0.5) is 4.39 Å². The standard InChI is InChI=1S/C49H33FO/c50-42-32-30-41(31-33-42)49(51)40-28-26-39(27-29-40)48-46(37-22-12-4-13-23-37)44(35-18-8-2-9-19-35)43(34-16-6-1-7-17-34)45(36-20-10-3-11-21-36)47(48)38-24-14-5-15-25-38/h1-33H. The second kappa shape index (κ2) is 14.1. The SMILES string of the molecule is O=C(c1ccc(F)cc1)c1ccc(-c2c(-c3ccccc3)c(-c3ccccc3)c(-c3ccccc3)c(-c3ccccc3)c2-c2ccccc2)cc1. The summed E-state index contributed by atoms with van der Waals surface area (Å²) in [6.07, 6.45) is 0. The number of ketones is 1. The van der Waals surface area contributed by atoms with Crippen molar-refractivity contribution in [3.8, 4) is 66.8 Å². The average Bonchev–Trinajstić information content (AvgIpc) is 3.21. The van der Waals surface area contributed by atoms with Crippen LogP contribution in [0.1, 0.15) is 15.9 Å². The molecule has 0 atom stereocenters. The minimum absolute atomic E-state index is 0.150. The molecule has 0 bridgehead atoms. The maximum Gasteiger partial charge on any atom is 0.193 e. The average molecular weight is 657 g/mol. The van der Waals surface area contributed by atoms with Crippen molar-refractivity contribution in [2.24, 2.45) is 0 Å². The lowest BCUT2D eigenvalue weighted by Gasteiger charge is -2.28. The van der Waals surface area contributed by atoms with Crippen LogP contribution in [0.3, 0.4) is 0 Å². The van der Waals surface area contributed by atoms with Crippen LogP contribution in [0.2, 0.25) is 0 Å². The van der Waals surface area contributed by atoms with Gasteiger partial charge in [-0.3, -0.25) is 4.79 Å². The molecule has 0 saturated carbocycles. The van der Waals surface area contributed by atoms with Crippen LogP contribution in [-0.4, -0.2) is 5.78 Å². The van der Waals surface area contributed by atoms with Gasteiger partial charge in [0.25, 0.3) is 0 Å². The minimum atomic E-state index is -0.369. The first-order chi connectivity index (χ1) is 25.2. The molecule has 0 amide bonds. The Morgan fingerprint density at radius 3 is 0.745 bits per heavy atom. The highest BCUT2D eigenvalue weighted by Crippen LogP contribution is 2.55. The molecule has 242 valence electrons. The van der Waals surface area contributed by atoms with E-state index in [1.54, 1.807) is 0 Å². The summed E-state index contributed by atoms with van der Waals surface area (Å²) in [6, 6.07) is 66.8. The summed E-state index contributed by atoms with van der Waals surface area (Å²) < 4.78 is 13.7. The predicted octanol–water partition coefficient (Wildman–Crippen LogP) is 13.1. The Labute approximate surface area is 298 Å². The van der Waals surface area contributed by atoms with Gasteiger partial charge in [-0.1, -0.05) is 176 Å². The number of halogens is 1. The van der Waals surface area contributed by atoms with Crippen LogP contribution in [0, 0.1) is 5.82 Å². The maximum atomic E-state index is 13.7. The predicted molar refractivity (Wildman–Crippen MR) is 209 cm³/mol. The van der Waals surface area contributed by atoms with Gasteiger partial charge in [-0.2, -0.15) is 0 Å². The molecule has 0 heterocycles. The van der Waals surface area contributed by atoms with Crippen LogP contribution in [0.15, 0.2) is 200 Å². The van der Waals surface area contributed by atoms with Gasteiger partial charge in [0.2, 0.25) is 0 Å². The fourth-order valence-electron chi connectivity index (χ4n) is 7.06. The fourth-order valence-corrected chi connectivity index (χ4v) is 7.06. The topological polar surface area (TPSA) is 17.1 Å². The van der Waals surface area contributed by atoms with E-state index in [-0.39, 0.29) is 11.6 Å². The second-order valence-corrected chi connectivity index (χ2v) is 12.5. The van der Waals surface area contributed by atoms with Crippen LogP contribution in [0.5, 0.6) is 0 Å². The van der Waals surface area contributed by atoms with Crippen LogP contribution < -0.4 is 0 Å². The van der Waals surface area contributed by atoms with Crippen molar-refractivity contribution in [2.45, 2.75) is 0 Å². The Bertz CT molecular complexity index is 2320. The van der Waals surface area contributed by atoms with E-state index in [1.807, 2.05) is 12.1 Å². The van der Waals surface area contributed by atoms with Crippen LogP contribution >= 0.6 is 0 Å². The molecule has 0 N–H and O–H groups in total. The molecule has 0 fully saturated rings. The van der Waals surface area contributed by atoms with Gasteiger partial charge in [0.15, 0.2) is 5.78 Å². The molecular formula is C49H33FO. The molecular weight excluding hydrogens is 624 g/mol. The molecule has 8 rings (SSSR count). The molecule has 8 aromatic rings. The highest BCUT2D eigenvalue weighted by Gasteiger charge is 2.29. The summed E-state index contributed by atoms with van der Waals surface area (Å²) in [5.74, 6) is -0.520. The number of benzene rings is 8. The van der Waals surface area contributed by atoms with Crippen molar-refractivity contribution in [1.82, 2.24) is 0 Å². The van der Waals surface area contributed by atoms with Gasteiger partial charge in [-0.25, -0.2) is 4.39 Å². The highest BCUT2D eigenvalue weighted by molar-refractivity contribution is 6.15. The van der Waals surface area contributed by atoms with Crippen LogP contribution in [0.25, 0.3) is 66.8 Å². The van der Waals surface area contributed by atoms with Crippen molar-refractivity contribution >= 4 is 5.78 Å². The van der Waals surface area contributed by atoms with Crippen LogP contribution in [-0.2, 0) is 0 Å². The Morgan fingerprint density at radius 1 is 0.275 bits per heavy atom. The van der Waals surface area contributed by atoms with Crippen molar-refractivity contribution in [1.29, 1.82) is 0 Å². The maximum absolute atomic E-state index is 13.7. The molecule has 0 radical (unpaired) electrons. The quantitative estimate of drug-likeness (QED) is 0.149. The lowest BCUT2D eigenvalue weighted by molar-refractivity contribution is 0.103. The Morgan fingerprint density at radius 2 is 0.490 bits per heavy atom. The third kappa shape index (κ3) is 6.20. The third-order valence-electron chi connectivity index (χ3n) is 9.35. The fraction of sp³-hybridized carbons (Fsp3) is 0. The zero-order valence-electron chi connectivity index (χ0n) is 27.8. The molecule has 51 heavy (non-hydrogen) atoms. The molecule has 0 saturated heterocycles. The lowest BCUT2D eigenvalue weighted by Crippen LogP contribution is -2.03. The van der Waals surface area contributed by atoms with Gasteiger partial charge in [0, 0.05) is 11.1 Å². The summed E-state index contributed by atoms with van der Waals surface area (Å²) in [5.41, 5.74) is 14.2. The highest BCUT2D eigenvalue weighted by atomic mass is 19.1. The lowest BCUT2D eigenvalue weighted by atomic mass is 9.74. The van der Waals surface area contributed by atoms with Crippen molar-refractivity contribution in [2.75, 3.05) is 0 Å². The summed E-state index contributed by atoms with van der Waals surface area (Å²) in [7, 11) is 0. The third-order valence-corrected chi connectivity index (χ3v) is 9.35. The number of carbonyl (C=O) groups is 1. The molecule has 0 spiro atoms. The molecule has 0 aliphatic heterocycles. The van der Waals surface area contributed by atoms with E-state index >= 15 is 0 Å². The first-order valence-corrected chi connectivity index (χ1v) is 17.1. The Hall–Kier alpha value is -6.64. The monoisotopic (exact) mass is 656 g/mol. The van der Waals surface area contributed by atoms with Gasteiger partial charge in [-0.15, -0.1) is 0 Å². The van der Waals surface area contributed by atoms with E-state index in [0.717, 1.165) is 66.8 Å². The summed E-state index contributed by atoms with van der Waals surface area (Å²) in [5, 5.41) is 0. The number of carbonyl (C=O) groups excluding carboxylic acids is 1. The van der Waals surface area contributed by atoms with Crippen molar-refractivity contribution in [3.05, 3.63) is 217 Å². The molecule has 0 aliphatic rings. The zero-order valence-corrected chi connectivity index (χ0v) is 27.8. The van der Waals surface area contributed by atoms with Gasteiger partial charge in [-0.05, 0) is 91.0 Å². The molecule has 1 nitrogen and oxygen atoms in total. The molecule has 2 heteroatoms. The molecule has 8 aromatic carbocycles. The number of hydrogen-bond acceptors (Lipinski definition) is 1. The van der Waals surface area contributed by atoms with E-state index in [4.69, 9.17) is 0 Å². The van der Waals surface area contributed by atoms with E-state index in [0.29, 0.717) is 11.1 Å². The van der Waals surface area contributed by atoms with E-state index in [9.17, 15) is 9.18 Å².